The van der Waals surface area contributed by atoms with E-state index in [1.807, 2.05) is 6.56 Å². The van der Waals surface area contributed by atoms with Gasteiger partial charge in [-0.15, -0.1) is 0 Å². The molecule has 2 aromatic carbocycles. The first-order valence-corrected chi connectivity index (χ1v) is 24.0. The van der Waals surface area contributed by atoms with Gasteiger partial charge in [0.1, 0.15) is 0 Å². The van der Waals surface area contributed by atoms with Crippen LogP contribution in [0.5, 0.6) is 0 Å². The van der Waals surface area contributed by atoms with Crippen molar-refractivity contribution in [3.05, 3.63) is 157 Å². The van der Waals surface area contributed by atoms with Crippen molar-refractivity contribution in [3.8, 4) is 0 Å². The summed E-state index contributed by atoms with van der Waals surface area (Å²) in [7, 11) is 0. The van der Waals surface area contributed by atoms with Gasteiger partial charge in [0.25, 0.3) is 0 Å². The van der Waals surface area contributed by atoms with E-state index in [0.717, 1.165) is 0 Å². The van der Waals surface area contributed by atoms with E-state index in [1.54, 1.807) is 33.4 Å². The Morgan fingerprint density at radius 2 is 0.918 bits per heavy atom. The predicted molar refractivity (Wildman–Crippen MR) is 200 cm³/mol. The summed E-state index contributed by atoms with van der Waals surface area (Å²) in [6, 6.07) is 14.3. The van der Waals surface area contributed by atoms with Crippen molar-refractivity contribution in [3.63, 3.8) is 0 Å². The zero-order chi connectivity index (χ0) is 33.8. The van der Waals surface area contributed by atoms with Crippen molar-refractivity contribution in [2.45, 2.75) is 102 Å². The maximum atomic E-state index is 2.68. The molecule has 1 heterocycles. The van der Waals surface area contributed by atoms with Crippen LogP contribution < -0.4 is 24.8 Å². The van der Waals surface area contributed by atoms with E-state index in [0.29, 0.717) is 11.8 Å². The summed E-state index contributed by atoms with van der Waals surface area (Å²) in [5.41, 5.74) is 20.7. The number of benzene rings is 2. The molecule has 0 spiro atoms. The summed E-state index contributed by atoms with van der Waals surface area (Å²) in [5, 5.41) is 0. The standard InChI is InChI=1S/2C22H25.C2H4.2ClH.Zr/c2*1-14(2)18-12-20-16(4)9-10-22(6,21(20)13-18)19-8-7-15(3)17(5)11-19;1-2;;;/h2*7-11,13-14H,1-6H3;1-2H2;2*1H;/q;;;;;+2/p-2. The second-order valence-electron chi connectivity index (χ2n) is 16.5. The Bertz CT molecular complexity index is 1870. The molecular formula is C46H54Cl2Zr. The molecule has 0 aromatic heterocycles. The Morgan fingerprint density at radius 1 is 0.551 bits per heavy atom. The largest absolute Gasteiger partial charge is 1.00 e. The van der Waals surface area contributed by atoms with Crippen LogP contribution in [-0.4, -0.2) is 0 Å². The Balaban J connectivity index is 0.00000234. The van der Waals surface area contributed by atoms with Crippen molar-refractivity contribution in [1.82, 2.24) is 0 Å². The van der Waals surface area contributed by atoms with Crippen LogP contribution in [0.4, 0.5) is 0 Å². The van der Waals surface area contributed by atoms with Crippen LogP contribution in [0.1, 0.15) is 88.8 Å². The number of fused-ring (bicyclic) bond motifs is 2. The average molecular weight is 769 g/mol. The molecule has 1 aliphatic heterocycles. The molecule has 0 radical (unpaired) electrons. The summed E-state index contributed by atoms with van der Waals surface area (Å²) in [6.45, 7) is 28.5. The first-order chi connectivity index (χ1) is 22.1. The first-order valence-electron chi connectivity index (χ1n) is 18.0. The third-order valence-electron chi connectivity index (χ3n) is 12.6. The third-order valence-corrected chi connectivity index (χ3v) is 23.7. The maximum Gasteiger partial charge on any atom is -1.00 e. The van der Waals surface area contributed by atoms with Gasteiger partial charge in [-0.1, -0.05) is 0 Å². The van der Waals surface area contributed by atoms with E-state index in [4.69, 9.17) is 0 Å². The average Bonchev–Trinajstić information content (AvgIpc) is 3.50. The molecule has 2 aromatic rings. The van der Waals surface area contributed by atoms with E-state index in [-0.39, 0.29) is 35.6 Å². The minimum atomic E-state index is -3.09. The molecule has 2 atom stereocenters. The summed E-state index contributed by atoms with van der Waals surface area (Å²) >= 11 is -3.09. The van der Waals surface area contributed by atoms with Gasteiger partial charge >= 0.3 is 292 Å². The van der Waals surface area contributed by atoms with E-state index < -0.39 is 20.3 Å². The maximum absolute atomic E-state index is 3.09. The molecule has 5 aliphatic rings. The molecule has 3 heteroatoms. The van der Waals surface area contributed by atoms with E-state index in [1.165, 1.54) is 52.8 Å². The first kappa shape index (κ1) is 38.1. The van der Waals surface area contributed by atoms with Crippen molar-refractivity contribution in [2.24, 2.45) is 11.8 Å². The van der Waals surface area contributed by atoms with Crippen LogP contribution in [0.15, 0.2) is 124 Å². The summed E-state index contributed by atoms with van der Waals surface area (Å²) in [4.78, 5) is 0. The molecule has 4 aliphatic carbocycles. The fourth-order valence-electron chi connectivity index (χ4n) is 9.05. The number of rotatable bonds is 6. The van der Waals surface area contributed by atoms with Crippen LogP contribution >= 0.6 is 0 Å². The number of aryl methyl sites for hydroxylation is 4. The molecule has 256 valence electrons. The molecule has 49 heavy (non-hydrogen) atoms. The van der Waals surface area contributed by atoms with Crippen molar-refractivity contribution in [1.29, 1.82) is 0 Å². The molecular weight excluding hydrogens is 715 g/mol. The van der Waals surface area contributed by atoms with Gasteiger partial charge in [0, 0.05) is 0 Å². The monoisotopic (exact) mass is 766 g/mol. The Hall–Kier alpha value is -2.18. The quantitative estimate of drug-likeness (QED) is 0.310. The predicted octanol–water partition coefficient (Wildman–Crippen LogP) is 6.62. The van der Waals surface area contributed by atoms with Gasteiger partial charge in [-0.25, -0.2) is 0 Å². The number of hydrogen-bond acceptors (Lipinski definition) is 0. The smallest absolute Gasteiger partial charge is 1.00 e. The fourth-order valence-corrected chi connectivity index (χ4v) is 24.8. The zero-order valence-corrected chi connectivity index (χ0v) is 35.7. The van der Waals surface area contributed by atoms with E-state index in [9.17, 15) is 0 Å². The molecule has 0 bridgehead atoms. The van der Waals surface area contributed by atoms with Crippen molar-refractivity contribution < 1.29 is 45.1 Å². The topological polar surface area (TPSA) is 0 Å². The fraction of sp³-hybridized carbons (Fsp3) is 0.391. The van der Waals surface area contributed by atoms with Crippen molar-refractivity contribution >= 4 is 0 Å². The molecule has 0 nitrogen and oxygen atoms in total. The second-order valence-corrected chi connectivity index (χ2v) is 26.7. The van der Waals surface area contributed by atoms with Gasteiger partial charge in [-0.05, 0) is 0 Å². The molecule has 0 N–H and O–H groups in total. The summed E-state index contributed by atoms with van der Waals surface area (Å²) in [6.07, 6.45) is 15.3. The summed E-state index contributed by atoms with van der Waals surface area (Å²) in [5.74, 6) is 1.00. The Morgan fingerprint density at radius 3 is 1.22 bits per heavy atom. The van der Waals surface area contributed by atoms with E-state index in [2.05, 4.69) is 156 Å². The molecule has 7 rings (SSSR count). The Labute approximate surface area is 314 Å². The normalized spacial score (nSPS) is 24.4. The molecule has 1 fully saturated rings. The number of hydrogen-bond donors (Lipinski definition) is 0. The van der Waals surface area contributed by atoms with Gasteiger partial charge in [-0.2, -0.15) is 0 Å². The van der Waals surface area contributed by atoms with Crippen LogP contribution in [0.3, 0.4) is 0 Å². The van der Waals surface area contributed by atoms with E-state index >= 15 is 0 Å². The van der Waals surface area contributed by atoms with Crippen LogP contribution in [0, 0.1) is 39.5 Å². The molecule has 1 saturated heterocycles. The van der Waals surface area contributed by atoms with Crippen molar-refractivity contribution in [2.75, 3.05) is 0 Å². The SMILES string of the molecule is CC1=C2C(=CC(C(C)C)=[C]2[Zr+2]2([C]3=C(C(C)C)C=C4C3=C(C)C=CC4(C)c3ccc(C)c(C)c3)[CH2][CH2]2)C(C)(c2ccc(C)c(C)c2)C=C1.[Cl-].[Cl-]. The minimum Gasteiger partial charge on any atom is -1.00 e. The zero-order valence-electron chi connectivity index (χ0n) is 31.8. The van der Waals surface area contributed by atoms with Crippen LogP contribution in [-0.2, 0) is 31.1 Å². The van der Waals surface area contributed by atoms with Gasteiger partial charge in [0.05, 0.1) is 0 Å². The van der Waals surface area contributed by atoms with Gasteiger partial charge in [-0.3, -0.25) is 0 Å². The molecule has 2 unspecified atom stereocenters. The number of allylic oxidation sites excluding steroid dienone is 16. The van der Waals surface area contributed by atoms with Gasteiger partial charge in [0.15, 0.2) is 0 Å². The summed E-state index contributed by atoms with van der Waals surface area (Å²) < 4.78 is 6.53. The van der Waals surface area contributed by atoms with Gasteiger partial charge in [0.2, 0.25) is 0 Å². The Kier molecular flexibility index (Phi) is 10.2. The molecule has 0 amide bonds. The van der Waals surface area contributed by atoms with Crippen LogP contribution in [0.25, 0.3) is 0 Å². The second kappa shape index (κ2) is 13.1. The molecule has 0 saturated carbocycles. The third kappa shape index (κ3) is 5.65. The minimum absolute atomic E-state index is 0. The van der Waals surface area contributed by atoms with Gasteiger partial charge < -0.3 is 24.8 Å². The number of halogens is 2. The van der Waals surface area contributed by atoms with Crippen LogP contribution in [0.2, 0.25) is 8.26 Å².